The van der Waals surface area contributed by atoms with Gasteiger partial charge in [0.2, 0.25) is 0 Å². The smallest absolute Gasteiger partial charge is 0.0725 e. The Kier molecular flexibility index (Phi) is 5.18. The van der Waals surface area contributed by atoms with Crippen molar-refractivity contribution >= 4 is 0 Å². The van der Waals surface area contributed by atoms with Crippen LogP contribution in [-0.2, 0) is 5.41 Å². The van der Waals surface area contributed by atoms with Crippen LogP contribution in [0.2, 0.25) is 0 Å². The Morgan fingerprint density at radius 3 is 1.44 bits per heavy atom. The van der Waals surface area contributed by atoms with Gasteiger partial charge in [0, 0.05) is 11.1 Å². The normalized spacial score (nSPS) is 13.3. The maximum absolute atomic E-state index is 5.35. The van der Waals surface area contributed by atoms with Crippen LogP contribution in [-0.4, -0.2) is 4.98 Å². The predicted octanol–water partition coefficient (Wildman–Crippen LogP) is 10.4. The summed E-state index contributed by atoms with van der Waals surface area (Å²) in [5.41, 5.74) is 16.8. The first kappa shape index (κ1) is 24.1. The molecular weight excluding hydrogens is 518 g/mol. The molecule has 1 nitrogen and oxygen atoms in total. The van der Waals surface area contributed by atoms with Crippen molar-refractivity contribution in [3.8, 4) is 55.9 Å². The van der Waals surface area contributed by atoms with E-state index in [1.54, 1.807) is 0 Å². The highest BCUT2D eigenvalue weighted by molar-refractivity contribution is 5.99. The van der Waals surface area contributed by atoms with Crippen molar-refractivity contribution < 1.29 is 0 Å². The molecule has 1 heteroatoms. The SMILES string of the molecule is c1ccc(-c2cc(-c3ccccc3)nc(-c3cccc4c3-c3ccccc3C43c4ccccc4-c4ccccc43)c2)cc1. The summed E-state index contributed by atoms with van der Waals surface area (Å²) in [4.78, 5) is 5.35. The Labute approximate surface area is 251 Å². The van der Waals surface area contributed by atoms with Crippen molar-refractivity contribution in [3.05, 3.63) is 186 Å². The van der Waals surface area contributed by atoms with Gasteiger partial charge in [-0.05, 0) is 67.8 Å². The van der Waals surface area contributed by atoms with Crippen LogP contribution >= 0.6 is 0 Å². The van der Waals surface area contributed by atoms with Gasteiger partial charge in [-0.15, -0.1) is 0 Å². The van der Waals surface area contributed by atoms with E-state index >= 15 is 0 Å². The molecule has 0 N–H and O–H groups in total. The molecule has 200 valence electrons. The molecule has 1 aromatic heterocycles. The largest absolute Gasteiger partial charge is 0.248 e. The number of fused-ring (bicyclic) bond motifs is 10. The number of aromatic nitrogens is 1. The fourth-order valence-corrected chi connectivity index (χ4v) is 7.58. The second-order valence-corrected chi connectivity index (χ2v) is 11.5. The number of pyridine rings is 1. The highest BCUT2D eigenvalue weighted by Crippen LogP contribution is 2.63. The number of nitrogens with zero attached hydrogens (tertiary/aromatic N) is 1. The van der Waals surface area contributed by atoms with Crippen molar-refractivity contribution in [2.45, 2.75) is 5.41 Å². The third kappa shape index (κ3) is 3.37. The minimum Gasteiger partial charge on any atom is -0.248 e. The van der Waals surface area contributed by atoms with E-state index < -0.39 is 0 Å². The summed E-state index contributed by atoms with van der Waals surface area (Å²) in [5.74, 6) is 0. The molecule has 0 bridgehead atoms. The van der Waals surface area contributed by atoms with Gasteiger partial charge in [0.05, 0.1) is 16.8 Å². The molecule has 2 aliphatic rings. The lowest BCUT2D eigenvalue weighted by Crippen LogP contribution is -2.25. The number of rotatable bonds is 3. The Bertz CT molecular complexity index is 2070. The van der Waals surface area contributed by atoms with Crippen molar-refractivity contribution in [2.75, 3.05) is 0 Å². The fourth-order valence-electron chi connectivity index (χ4n) is 7.58. The quantitative estimate of drug-likeness (QED) is 0.215. The third-order valence-corrected chi connectivity index (χ3v) is 9.30. The Balaban J connectivity index is 1.37. The first-order valence-electron chi connectivity index (χ1n) is 14.9. The predicted molar refractivity (Wildman–Crippen MR) is 177 cm³/mol. The molecule has 1 spiro atoms. The van der Waals surface area contributed by atoms with Crippen molar-refractivity contribution in [1.82, 2.24) is 4.98 Å². The van der Waals surface area contributed by atoms with E-state index in [2.05, 4.69) is 164 Å². The van der Waals surface area contributed by atoms with Gasteiger partial charge in [-0.3, -0.25) is 0 Å². The summed E-state index contributed by atoms with van der Waals surface area (Å²) in [5, 5.41) is 0. The third-order valence-electron chi connectivity index (χ3n) is 9.30. The van der Waals surface area contributed by atoms with Crippen LogP contribution < -0.4 is 0 Å². The molecule has 0 atom stereocenters. The Morgan fingerprint density at radius 1 is 0.326 bits per heavy atom. The first-order valence-corrected chi connectivity index (χ1v) is 14.9. The summed E-state index contributed by atoms with van der Waals surface area (Å²) in [7, 11) is 0. The van der Waals surface area contributed by atoms with E-state index in [1.165, 1.54) is 61.2 Å². The summed E-state index contributed by atoms with van der Waals surface area (Å²) in [6, 6.07) is 59.4. The van der Waals surface area contributed by atoms with Gasteiger partial charge in [0.1, 0.15) is 0 Å². The lowest BCUT2D eigenvalue weighted by molar-refractivity contribution is 0.794. The summed E-state index contributed by atoms with van der Waals surface area (Å²) in [6.45, 7) is 0. The van der Waals surface area contributed by atoms with E-state index in [0.29, 0.717) is 0 Å². The molecule has 7 aromatic rings. The zero-order valence-electron chi connectivity index (χ0n) is 23.5. The number of hydrogen-bond donors (Lipinski definition) is 0. The van der Waals surface area contributed by atoms with Gasteiger partial charge >= 0.3 is 0 Å². The van der Waals surface area contributed by atoms with E-state index in [-0.39, 0.29) is 5.41 Å². The van der Waals surface area contributed by atoms with Gasteiger partial charge in [-0.2, -0.15) is 0 Å². The zero-order chi connectivity index (χ0) is 28.4. The molecular formula is C42H27N. The average Bonchev–Trinajstić information content (AvgIpc) is 3.56. The van der Waals surface area contributed by atoms with Crippen LogP contribution in [0, 0.1) is 0 Å². The molecule has 0 radical (unpaired) electrons. The monoisotopic (exact) mass is 545 g/mol. The molecule has 0 unspecified atom stereocenters. The topological polar surface area (TPSA) is 12.9 Å². The molecule has 0 amide bonds. The van der Waals surface area contributed by atoms with Gasteiger partial charge in [-0.1, -0.05) is 152 Å². The number of benzene rings is 6. The molecule has 43 heavy (non-hydrogen) atoms. The van der Waals surface area contributed by atoms with Crippen molar-refractivity contribution in [2.24, 2.45) is 0 Å². The lowest BCUT2D eigenvalue weighted by Gasteiger charge is -2.30. The number of hydrogen-bond acceptors (Lipinski definition) is 1. The molecule has 0 fully saturated rings. The molecule has 0 aliphatic heterocycles. The summed E-state index contributed by atoms with van der Waals surface area (Å²) in [6.07, 6.45) is 0. The van der Waals surface area contributed by atoms with Gasteiger partial charge in [0.15, 0.2) is 0 Å². The van der Waals surface area contributed by atoms with Crippen LogP contribution in [0.15, 0.2) is 164 Å². The molecule has 9 rings (SSSR count). The van der Waals surface area contributed by atoms with Crippen LogP contribution in [0.3, 0.4) is 0 Å². The second kappa shape index (κ2) is 9.24. The molecule has 0 saturated carbocycles. The Morgan fingerprint density at radius 2 is 0.791 bits per heavy atom. The molecule has 6 aromatic carbocycles. The first-order chi connectivity index (χ1) is 21.3. The lowest BCUT2D eigenvalue weighted by atomic mass is 9.70. The highest BCUT2D eigenvalue weighted by Gasteiger charge is 2.51. The van der Waals surface area contributed by atoms with Crippen LogP contribution in [0.4, 0.5) is 0 Å². The minimum absolute atomic E-state index is 0.367. The van der Waals surface area contributed by atoms with Crippen molar-refractivity contribution in [1.29, 1.82) is 0 Å². The van der Waals surface area contributed by atoms with E-state index in [0.717, 1.165) is 17.0 Å². The van der Waals surface area contributed by atoms with Gasteiger partial charge in [-0.25, -0.2) is 4.98 Å². The fraction of sp³-hybridized carbons (Fsp3) is 0.0238. The molecule has 1 heterocycles. The van der Waals surface area contributed by atoms with Crippen molar-refractivity contribution in [3.63, 3.8) is 0 Å². The van der Waals surface area contributed by atoms with E-state index in [1.807, 2.05) is 0 Å². The molecule has 0 saturated heterocycles. The Hall–Kier alpha value is -5.53. The standard InChI is InChI=1S/C42H27N/c1-3-14-28(15-4-1)30-26-39(29-16-5-2-6-17-29)43-40(27-30)34-21-13-25-38-41(34)33-20-9-12-24-37(33)42(38)35-22-10-7-18-31(35)32-19-8-11-23-36(32)42/h1-27H. The van der Waals surface area contributed by atoms with Crippen LogP contribution in [0.25, 0.3) is 55.9 Å². The maximum Gasteiger partial charge on any atom is 0.0725 e. The molecule has 2 aliphatic carbocycles. The van der Waals surface area contributed by atoms with E-state index in [9.17, 15) is 0 Å². The minimum atomic E-state index is -0.367. The van der Waals surface area contributed by atoms with Crippen LogP contribution in [0.1, 0.15) is 22.3 Å². The zero-order valence-corrected chi connectivity index (χ0v) is 23.5. The summed E-state index contributed by atoms with van der Waals surface area (Å²) >= 11 is 0. The van der Waals surface area contributed by atoms with Crippen LogP contribution in [0.5, 0.6) is 0 Å². The second-order valence-electron chi connectivity index (χ2n) is 11.5. The van der Waals surface area contributed by atoms with Gasteiger partial charge < -0.3 is 0 Å². The average molecular weight is 546 g/mol. The summed E-state index contributed by atoms with van der Waals surface area (Å²) < 4.78 is 0. The highest BCUT2D eigenvalue weighted by atomic mass is 14.7. The maximum atomic E-state index is 5.35. The van der Waals surface area contributed by atoms with Gasteiger partial charge in [0.25, 0.3) is 0 Å². The van der Waals surface area contributed by atoms with E-state index in [4.69, 9.17) is 4.98 Å².